The first-order valence-corrected chi connectivity index (χ1v) is 8.42. The molecule has 2 heterocycles. The normalized spacial score (nSPS) is 15.2. The number of hydrogen-bond acceptors (Lipinski definition) is 2. The van der Waals surface area contributed by atoms with Crippen LogP contribution in [-0.2, 0) is 11.2 Å². The molecule has 2 aromatic rings. The van der Waals surface area contributed by atoms with Gasteiger partial charge in [-0.1, -0.05) is 18.2 Å². The molecule has 1 aliphatic heterocycles. The quantitative estimate of drug-likeness (QED) is 0.826. The Kier molecular flexibility index (Phi) is 4.58. The number of anilines is 1. The average molecular weight is 323 g/mol. The Hall–Kier alpha value is -2.33. The monoisotopic (exact) mass is 323 g/mol. The molecule has 0 aliphatic carbocycles. The number of para-hydroxylation sites is 1. The van der Waals surface area contributed by atoms with E-state index in [2.05, 4.69) is 43.1 Å². The number of benzene rings is 1. The largest absolute Gasteiger partial charge is 0.359 e. The van der Waals surface area contributed by atoms with Gasteiger partial charge >= 0.3 is 0 Å². The molecule has 0 spiro atoms. The molecular formula is C20H25N3O. The highest BCUT2D eigenvalue weighted by molar-refractivity contribution is 6.34. The Bertz CT molecular complexity index is 799. The molecule has 4 heteroatoms. The van der Waals surface area contributed by atoms with Crippen molar-refractivity contribution in [3.05, 3.63) is 52.3 Å². The van der Waals surface area contributed by atoms with E-state index in [0.29, 0.717) is 0 Å². The van der Waals surface area contributed by atoms with E-state index in [-0.39, 0.29) is 5.91 Å². The van der Waals surface area contributed by atoms with Gasteiger partial charge in [0.05, 0.1) is 5.57 Å². The van der Waals surface area contributed by atoms with Gasteiger partial charge in [-0.3, -0.25) is 4.79 Å². The summed E-state index contributed by atoms with van der Waals surface area (Å²) in [6.07, 6.45) is 4.17. The van der Waals surface area contributed by atoms with Crippen LogP contribution in [0.25, 0.3) is 11.6 Å². The number of hydrogen-bond donors (Lipinski definition) is 2. The van der Waals surface area contributed by atoms with Crippen molar-refractivity contribution in [3.8, 4) is 0 Å². The van der Waals surface area contributed by atoms with Crippen LogP contribution in [0.5, 0.6) is 0 Å². The SMILES string of the molecule is Cc1[nH]c(C=C2C(=O)Nc3ccccc32)c(C)c1CCCN(C)C. The van der Waals surface area contributed by atoms with Crippen LogP contribution in [0.3, 0.4) is 0 Å². The summed E-state index contributed by atoms with van der Waals surface area (Å²) in [4.78, 5) is 18.0. The summed E-state index contributed by atoms with van der Waals surface area (Å²) in [5.41, 5.74) is 7.45. The zero-order chi connectivity index (χ0) is 17.3. The minimum atomic E-state index is -0.0305. The predicted molar refractivity (Wildman–Crippen MR) is 100 cm³/mol. The maximum atomic E-state index is 12.3. The van der Waals surface area contributed by atoms with Crippen LogP contribution in [0.2, 0.25) is 0 Å². The zero-order valence-corrected chi connectivity index (χ0v) is 14.9. The summed E-state index contributed by atoms with van der Waals surface area (Å²) in [5, 5.41) is 2.93. The zero-order valence-electron chi connectivity index (χ0n) is 14.9. The molecule has 1 amide bonds. The van der Waals surface area contributed by atoms with Crippen molar-refractivity contribution < 1.29 is 4.79 Å². The molecule has 0 bridgehead atoms. The fraction of sp³-hybridized carbons (Fsp3) is 0.350. The lowest BCUT2D eigenvalue weighted by Gasteiger charge is -2.09. The maximum absolute atomic E-state index is 12.3. The van der Waals surface area contributed by atoms with Crippen LogP contribution >= 0.6 is 0 Å². The van der Waals surface area contributed by atoms with Gasteiger partial charge < -0.3 is 15.2 Å². The minimum absolute atomic E-state index is 0.0305. The van der Waals surface area contributed by atoms with Gasteiger partial charge in [-0.2, -0.15) is 0 Å². The number of H-pyrrole nitrogens is 1. The smallest absolute Gasteiger partial charge is 0.256 e. The first-order valence-electron chi connectivity index (χ1n) is 8.42. The van der Waals surface area contributed by atoms with Crippen LogP contribution in [0, 0.1) is 13.8 Å². The number of amides is 1. The minimum Gasteiger partial charge on any atom is -0.359 e. The van der Waals surface area contributed by atoms with E-state index in [9.17, 15) is 4.79 Å². The molecule has 0 saturated carbocycles. The number of aromatic amines is 1. The third-order valence-corrected chi connectivity index (χ3v) is 4.66. The summed E-state index contributed by atoms with van der Waals surface area (Å²) in [5.74, 6) is -0.0305. The van der Waals surface area contributed by atoms with Crippen molar-refractivity contribution in [2.75, 3.05) is 26.0 Å². The molecular weight excluding hydrogens is 298 g/mol. The molecule has 1 aromatic heterocycles. The van der Waals surface area contributed by atoms with Crippen molar-refractivity contribution in [1.82, 2.24) is 9.88 Å². The second-order valence-electron chi connectivity index (χ2n) is 6.73. The first-order chi connectivity index (χ1) is 11.5. The van der Waals surface area contributed by atoms with Crippen LogP contribution in [-0.4, -0.2) is 36.4 Å². The van der Waals surface area contributed by atoms with Gasteiger partial charge in [-0.25, -0.2) is 0 Å². The van der Waals surface area contributed by atoms with Gasteiger partial charge in [0.15, 0.2) is 0 Å². The van der Waals surface area contributed by atoms with Gasteiger partial charge in [-0.05, 0) is 70.6 Å². The van der Waals surface area contributed by atoms with Gasteiger partial charge in [0.25, 0.3) is 5.91 Å². The Balaban J connectivity index is 1.90. The third-order valence-electron chi connectivity index (χ3n) is 4.66. The van der Waals surface area contributed by atoms with E-state index in [1.54, 1.807) is 0 Å². The molecule has 1 aliphatic rings. The number of nitrogens with zero attached hydrogens (tertiary/aromatic N) is 1. The molecule has 0 radical (unpaired) electrons. The predicted octanol–water partition coefficient (Wildman–Crippen LogP) is 3.62. The van der Waals surface area contributed by atoms with E-state index in [4.69, 9.17) is 0 Å². The Morgan fingerprint density at radius 1 is 1.17 bits per heavy atom. The van der Waals surface area contributed by atoms with E-state index in [1.165, 1.54) is 16.8 Å². The molecule has 0 fully saturated rings. The highest BCUT2D eigenvalue weighted by atomic mass is 16.2. The first kappa shape index (κ1) is 16.5. The summed E-state index contributed by atoms with van der Waals surface area (Å²) >= 11 is 0. The number of aryl methyl sites for hydroxylation is 1. The van der Waals surface area contributed by atoms with Crippen molar-refractivity contribution in [3.63, 3.8) is 0 Å². The lowest BCUT2D eigenvalue weighted by Crippen LogP contribution is -2.13. The number of carbonyl (C=O) groups is 1. The number of carbonyl (C=O) groups excluding carboxylic acids is 1. The number of rotatable bonds is 5. The van der Waals surface area contributed by atoms with Crippen molar-refractivity contribution in [2.24, 2.45) is 0 Å². The van der Waals surface area contributed by atoms with Gasteiger partial charge in [0.1, 0.15) is 0 Å². The van der Waals surface area contributed by atoms with Crippen molar-refractivity contribution in [2.45, 2.75) is 26.7 Å². The fourth-order valence-electron chi connectivity index (χ4n) is 3.33. The Morgan fingerprint density at radius 2 is 1.92 bits per heavy atom. The van der Waals surface area contributed by atoms with E-state index >= 15 is 0 Å². The van der Waals surface area contributed by atoms with Gasteiger partial charge in [0.2, 0.25) is 0 Å². The number of aromatic nitrogens is 1. The molecule has 4 nitrogen and oxygen atoms in total. The van der Waals surface area contributed by atoms with E-state index < -0.39 is 0 Å². The molecule has 24 heavy (non-hydrogen) atoms. The van der Waals surface area contributed by atoms with Crippen LogP contribution in [0.15, 0.2) is 24.3 Å². The molecule has 1 aromatic carbocycles. The fourth-order valence-corrected chi connectivity index (χ4v) is 3.33. The second kappa shape index (κ2) is 6.65. The maximum Gasteiger partial charge on any atom is 0.256 e. The summed E-state index contributed by atoms with van der Waals surface area (Å²) in [7, 11) is 4.20. The summed E-state index contributed by atoms with van der Waals surface area (Å²) < 4.78 is 0. The third kappa shape index (κ3) is 3.15. The van der Waals surface area contributed by atoms with Crippen molar-refractivity contribution in [1.29, 1.82) is 0 Å². The van der Waals surface area contributed by atoms with E-state index in [1.807, 2.05) is 30.3 Å². The van der Waals surface area contributed by atoms with Crippen LogP contribution < -0.4 is 5.32 Å². The standard InChI is InChI=1S/C20H25N3O/c1-13-15(9-7-11-23(3)4)14(2)21-19(13)12-17-16-8-5-6-10-18(16)22-20(17)24/h5-6,8,10,12,21H,7,9,11H2,1-4H3,(H,22,24). The molecule has 0 atom stereocenters. The highest BCUT2D eigenvalue weighted by Crippen LogP contribution is 2.33. The summed E-state index contributed by atoms with van der Waals surface area (Å²) in [6.45, 7) is 5.33. The van der Waals surface area contributed by atoms with Crippen LogP contribution in [0.1, 0.15) is 34.5 Å². The van der Waals surface area contributed by atoms with Gasteiger partial charge in [-0.15, -0.1) is 0 Å². The highest BCUT2D eigenvalue weighted by Gasteiger charge is 2.24. The molecule has 0 unspecified atom stereocenters. The molecule has 126 valence electrons. The van der Waals surface area contributed by atoms with Gasteiger partial charge in [0, 0.05) is 22.6 Å². The Labute approximate surface area is 143 Å². The number of nitrogens with one attached hydrogen (secondary N) is 2. The second-order valence-corrected chi connectivity index (χ2v) is 6.73. The molecule has 2 N–H and O–H groups in total. The Morgan fingerprint density at radius 3 is 2.67 bits per heavy atom. The average Bonchev–Trinajstić information content (AvgIpc) is 2.98. The van der Waals surface area contributed by atoms with Crippen LogP contribution in [0.4, 0.5) is 5.69 Å². The lowest BCUT2D eigenvalue weighted by molar-refractivity contribution is -0.110. The molecule has 0 saturated heterocycles. The van der Waals surface area contributed by atoms with Crippen molar-refractivity contribution >= 4 is 23.2 Å². The molecule has 3 rings (SSSR count). The number of fused-ring (bicyclic) bond motifs is 1. The summed E-state index contributed by atoms with van der Waals surface area (Å²) in [6, 6.07) is 7.83. The lowest BCUT2D eigenvalue weighted by atomic mass is 10.0. The van der Waals surface area contributed by atoms with E-state index in [0.717, 1.165) is 41.9 Å². The topological polar surface area (TPSA) is 48.1 Å².